The minimum atomic E-state index is -0.152. The molecule has 0 aliphatic heterocycles. The molecule has 0 saturated heterocycles. The van der Waals surface area contributed by atoms with E-state index in [-0.39, 0.29) is 69.7 Å². The molecule has 9 N–H and O–H groups in total. The second-order valence-corrected chi connectivity index (χ2v) is 21.8. The maximum atomic E-state index is 10.4. The summed E-state index contributed by atoms with van der Waals surface area (Å²) in [6.45, 7) is 13.6. The fraction of sp³-hybridized carbons (Fsp3) is 0.695. The molecule has 0 heterocycles. The fourth-order valence-corrected chi connectivity index (χ4v) is 14.9. The molecule has 7 aliphatic rings. The van der Waals surface area contributed by atoms with Crippen LogP contribution in [0.5, 0.6) is 17.2 Å². The van der Waals surface area contributed by atoms with E-state index in [9.17, 15) is 30.6 Å². The fourth-order valence-electron chi connectivity index (χ4n) is 14.9. The molecule has 67 heavy (non-hydrogen) atoms. The van der Waals surface area contributed by atoms with Crippen LogP contribution >= 0.6 is 0 Å². The van der Waals surface area contributed by atoms with Gasteiger partial charge in [0.25, 0.3) is 0 Å². The van der Waals surface area contributed by atoms with Crippen LogP contribution in [0.3, 0.4) is 0 Å². The van der Waals surface area contributed by atoms with Crippen molar-refractivity contribution in [3.8, 4) is 17.2 Å². The topological polar surface area (TPSA) is 173 Å². The summed E-state index contributed by atoms with van der Waals surface area (Å²) in [5.41, 5.74) is 8.55. The summed E-state index contributed by atoms with van der Waals surface area (Å²) in [5.74, 6) is 6.37. The number of rotatable bonds is 3. The van der Waals surface area contributed by atoms with Crippen molar-refractivity contribution in [3.63, 3.8) is 0 Å². The smallest absolute Gasteiger partial charge is 0.115 e. The van der Waals surface area contributed by atoms with Gasteiger partial charge in [0, 0.05) is 7.11 Å². The first-order valence-corrected chi connectivity index (χ1v) is 24.5. The van der Waals surface area contributed by atoms with Crippen LogP contribution in [0.4, 0.5) is 0 Å². The minimum Gasteiger partial charge on any atom is -0.508 e. The summed E-state index contributed by atoms with van der Waals surface area (Å²) in [7, 11) is 1.00. The highest BCUT2D eigenvalue weighted by Gasteiger charge is 2.54. The molecule has 10 rings (SSSR count). The quantitative estimate of drug-likeness (QED) is 0.137. The number of hydrogen-bond acceptors (Lipinski definition) is 7. The van der Waals surface area contributed by atoms with Gasteiger partial charge in [-0.05, 0) is 236 Å². The van der Waals surface area contributed by atoms with Gasteiger partial charge in [-0.3, -0.25) is 0 Å². The van der Waals surface area contributed by atoms with Crippen LogP contribution in [0.25, 0.3) is 0 Å². The van der Waals surface area contributed by atoms with E-state index in [1.807, 2.05) is 36.4 Å². The lowest BCUT2D eigenvalue weighted by Crippen LogP contribution is -2.43. The van der Waals surface area contributed by atoms with E-state index in [4.69, 9.17) is 5.11 Å². The van der Waals surface area contributed by atoms with Crippen molar-refractivity contribution >= 4 is 0 Å². The molecule has 8 heteroatoms. The van der Waals surface area contributed by atoms with E-state index in [1.54, 1.807) is 0 Å². The number of aliphatic hydroxyl groups excluding tert-OH is 4. The van der Waals surface area contributed by atoms with Crippen LogP contribution in [-0.2, 0) is 25.7 Å². The van der Waals surface area contributed by atoms with Gasteiger partial charge >= 0.3 is 0 Å². The molecule has 7 aliphatic carbocycles. The molecule has 3 aromatic carbocycles. The molecule has 0 radical (unpaired) electrons. The van der Waals surface area contributed by atoms with E-state index < -0.39 is 0 Å². The van der Waals surface area contributed by atoms with Crippen molar-refractivity contribution in [2.45, 2.75) is 204 Å². The standard InChI is InChI=1S/C18H24O2.2C18H26O2.CH4O.4CH4.H2O/c1-18-9-8-14-13-5-3-12(19)10-11(13)2-4-15(14)16(18)6-7-17(18)20;1-11-14-7-5-13(19)10-12(14)4-6-15(11)16-8-9-17(20)18(16,2)3;1-3-18(2)16(8-9-17(18)20)14-5-4-13-11-15(19)7-6-12(13)10-14;1-2;;;;;/h3,5,10,14-17,19-20H,2,4,6-9H2,1H3;5,7,10-11,15-17,19-20H,4,6,8-9H2,1-3H3;6-7,11,14,16-17,19-20H,3-5,8-10H2,1-2H3;2H,1H3;4*1H4;1H2/t14-,15-,16+,17+,18+;11-,15-,16+,17-;14-,16+,17-,18+;;;;;;/m111....../s1. The van der Waals surface area contributed by atoms with Crippen LogP contribution in [0.15, 0.2) is 54.6 Å². The summed E-state index contributed by atoms with van der Waals surface area (Å²) in [4.78, 5) is 0. The van der Waals surface area contributed by atoms with Crippen LogP contribution in [0.1, 0.15) is 194 Å². The molecular formula is C59H98O8. The summed E-state index contributed by atoms with van der Waals surface area (Å²) in [5, 5.41) is 66.9. The Labute approximate surface area is 408 Å². The average molecular weight is 935 g/mol. The van der Waals surface area contributed by atoms with E-state index in [1.165, 1.54) is 71.9 Å². The average Bonchev–Trinajstić information content (AvgIpc) is 3.85. The largest absolute Gasteiger partial charge is 0.508 e. The summed E-state index contributed by atoms with van der Waals surface area (Å²) < 4.78 is 0. The van der Waals surface area contributed by atoms with Gasteiger partial charge in [-0.25, -0.2) is 0 Å². The Morgan fingerprint density at radius 2 is 1.01 bits per heavy atom. The van der Waals surface area contributed by atoms with Crippen LogP contribution in [-0.4, -0.2) is 66.6 Å². The Morgan fingerprint density at radius 3 is 1.61 bits per heavy atom. The number of aryl methyl sites for hydroxylation is 3. The first kappa shape index (κ1) is 60.0. The number of phenols is 3. The highest BCUT2D eigenvalue weighted by molar-refractivity contribution is 5.41. The van der Waals surface area contributed by atoms with Crippen molar-refractivity contribution in [3.05, 3.63) is 88.0 Å². The Bertz CT molecular complexity index is 1970. The highest BCUT2D eigenvalue weighted by Crippen LogP contribution is 2.61. The normalized spacial score (nSPS) is 34.5. The zero-order valence-electron chi connectivity index (χ0n) is 39.5. The van der Waals surface area contributed by atoms with Gasteiger partial charge < -0.3 is 41.2 Å². The third kappa shape index (κ3) is 11.4. The Morgan fingerprint density at radius 1 is 0.522 bits per heavy atom. The van der Waals surface area contributed by atoms with E-state index in [0.29, 0.717) is 58.7 Å². The SMILES string of the molecule is C.C.C.C.CC[C@]1(C)[C@H](O)CC[C@H]1[C@@H]1CCc2cc(O)ccc2C1.CO.C[C@@H]1c2ccc(O)cc2CC[C@H]1[C@@H]1CC[C@@H](O)C1(C)C.C[C@]12CC[C@@H]3c4ccc(O)cc4CC[C@H]3[C@@H]1CC[C@@H]2O.O. The summed E-state index contributed by atoms with van der Waals surface area (Å²) >= 11 is 0. The molecule has 0 spiro atoms. The first-order valence-electron chi connectivity index (χ1n) is 24.5. The lowest BCUT2D eigenvalue weighted by Gasteiger charge is -2.50. The number of fused-ring (bicyclic) bond motifs is 7. The summed E-state index contributed by atoms with van der Waals surface area (Å²) in [6.07, 6.45) is 17.4. The first-order chi connectivity index (χ1) is 29.5. The van der Waals surface area contributed by atoms with Crippen LogP contribution in [0.2, 0.25) is 0 Å². The highest BCUT2D eigenvalue weighted by atomic mass is 16.3. The zero-order chi connectivity index (χ0) is 44.7. The molecule has 0 unspecified atom stereocenters. The monoisotopic (exact) mass is 935 g/mol. The second-order valence-electron chi connectivity index (χ2n) is 21.8. The van der Waals surface area contributed by atoms with Crippen molar-refractivity contribution in [2.75, 3.05) is 7.11 Å². The second kappa shape index (κ2) is 24.1. The van der Waals surface area contributed by atoms with Crippen molar-refractivity contribution in [1.29, 1.82) is 0 Å². The van der Waals surface area contributed by atoms with Gasteiger partial charge in [0.1, 0.15) is 17.2 Å². The number of aromatic hydroxyl groups is 3. The lowest BCUT2D eigenvalue weighted by molar-refractivity contribution is -0.0226. The van der Waals surface area contributed by atoms with Crippen molar-refractivity contribution < 1.29 is 41.2 Å². The van der Waals surface area contributed by atoms with Gasteiger partial charge in [0.05, 0.1) is 18.3 Å². The van der Waals surface area contributed by atoms with Gasteiger partial charge in [0.2, 0.25) is 0 Å². The summed E-state index contributed by atoms with van der Waals surface area (Å²) in [6, 6.07) is 17.6. The third-order valence-corrected chi connectivity index (χ3v) is 18.9. The predicted octanol–water partition coefficient (Wildman–Crippen LogP) is 12.5. The number of aliphatic hydroxyl groups is 4. The van der Waals surface area contributed by atoms with Crippen molar-refractivity contribution in [2.24, 2.45) is 51.8 Å². The lowest BCUT2D eigenvalue weighted by atomic mass is 9.55. The molecule has 3 aromatic rings. The van der Waals surface area contributed by atoms with Gasteiger partial charge in [-0.2, -0.15) is 0 Å². The maximum Gasteiger partial charge on any atom is 0.115 e. The van der Waals surface area contributed by atoms with Crippen LogP contribution < -0.4 is 0 Å². The third-order valence-electron chi connectivity index (χ3n) is 18.9. The van der Waals surface area contributed by atoms with Gasteiger partial charge in [-0.1, -0.05) is 89.4 Å². The molecular weight excluding hydrogens is 837 g/mol. The van der Waals surface area contributed by atoms with Crippen LogP contribution in [0, 0.1) is 51.8 Å². The molecule has 4 fully saturated rings. The molecule has 0 amide bonds. The van der Waals surface area contributed by atoms with E-state index >= 15 is 0 Å². The number of phenolic OH excluding ortho intramolecular Hbond substituents is 3. The maximum absolute atomic E-state index is 10.4. The minimum absolute atomic E-state index is 0. The molecule has 382 valence electrons. The number of benzene rings is 3. The van der Waals surface area contributed by atoms with E-state index in [0.717, 1.165) is 77.2 Å². The Hall–Kier alpha value is -3.14. The molecule has 0 aromatic heterocycles. The molecule has 4 saturated carbocycles. The molecule has 13 atom stereocenters. The molecule has 0 bridgehead atoms. The Kier molecular flexibility index (Phi) is 21.6. The van der Waals surface area contributed by atoms with Gasteiger partial charge in [0.15, 0.2) is 0 Å². The predicted molar refractivity (Wildman–Crippen MR) is 279 cm³/mol. The number of hydrogen-bond donors (Lipinski definition) is 7. The van der Waals surface area contributed by atoms with Gasteiger partial charge in [-0.15, -0.1) is 0 Å². The molecule has 8 nitrogen and oxygen atoms in total. The zero-order valence-corrected chi connectivity index (χ0v) is 39.5. The van der Waals surface area contributed by atoms with Crippen molar-refractivity contribution in [1.82, 2.24) is 0 Å². The Balaban J connectivity index is 0.000000327. The van der Waals surface area contributed by atoms with E-state index in [2.05, 4.69) is 59.7 Å².